The van der Waals surface area contributed by atoms with E-state index >= 15 is 0 Å². The fourth-order valence-corrected chi connectivity index (χ4v) is 1.90. The Hall–Kier alpha value is -1.09. The maximum atomic E-state index is 4.12. The molecule has 0 amide bonds. The Bertz CT molecular complexity index is 533. The van der Waals surface area contributed by atoms with Gasteiger partial charge in [0.2, 0.25) is 0 Å². The SMILES string of the molecule is Cc1cc(C#P)c2cc(C)ccc2c1. The van der Waals surface area contributed by atoms with E-state index in [2.05, 4.69) is 58.5 Å². The summed E-state index contributed by atoms with van der Waals surface area (Å²) >= 11 is 0. The fourth-order valence-electron chi connectivity index (χ4n) is 1.71. The van der Waals surface area contributed by atoms with Crippen molar-refractivity contribution in [3.8, 4) is 5.63 Å². The van der Waals surface area contributed by atoms with Gasteiger partial charge in [0.15, 0.2) is 0 Å². The topological polar surface area (TPSA) is 0 Å². The van der Waals surface area contributed by atoms with Crippen molar-refractivity contribution in [3.63, 3.8) is 0 Å². The van der Waals surface area contributed by atoms with Crippen molar-refractivity contribution in [1.82, 2.24) is 0 Å². The van der Waals surface area contributed by atoms with Crippen LogP contribution in [0.4, 0.5) is 0 Å². The number of benzene rings is 2. The maximum absolute atomic E-state index is 4.12. The van der Waals surface area contributed by atoms with E-state index in [-0.39, 0.29) is 0 Å². The zero-order valence-corrected chi connectivity index (χ0v) is 9.23. The van der Waals surface area contributed by atoms with E-state index in [1.165, 1.54) is 21.9 Å². The van der Waals surface area contributed by atoms with Crippen LogP contribution in [0.15, 0.2) is 30.3 Å². The molecule has 14 heavy (non-hydrogen) atoms. The Kier molecular flexibility index (Phi) is 2.42. The van der Waals surface area contributed by atoms with E-state index < -0.39 is 0 Å². The third kappa shape index (κ3) is 1.60. The predicted octanol–water partition coefficient (Wildman–Crippen LogP) is 4.17. The van der Waals surface area contributed by atoms with Gasteiger partial charge >= 0.3 is 86.0 Å². The molecule has 0 saturated carbocycles. The molecule has 2 aromatic carbocycles. The first-order valence-electron chi connectivity index (χ1n) is 4.62. The first-order valence-corrected chi connectivity index (χ1v) is 5.06. The van der Waals surface area contributed by atoms with E-state index in [4.69, 9.17) is 0 Å². The summed E-state index contributed by atoms with van der Waals surface area (Å²) in [5.41, 5.74) is 6.53. The molecule has 0 saturated heterocycles. The number of hydrogen-bond donors (Lipinski definition) is 0. The molecule has 0 bridgehead atoms. The first-order chi connectivity index (χ1) is 6.70. The van der Waals surface area contributed by atoms with Crippen LogP contribution in [0.3, 0.4) is 0 Å². The molecule has 2 aromatic rings. The van der Waals surface area contributed by atoms with Crippen LogP contribution in [0.1, 0.15) is 16.7 Å². The summed E-state index contributed by atoms with van der Waals surface area (Å²) in [6.45, 7) is 4.19. The summed E-state index contributed by atoms with van der Waals surface area (Å²) < 4.78 is 0. The second-order valence-electron chi connectivity index (χ2n) is 3.65. The van der Waals surface area contributed by atoms with Crippen molar-refractivity contribution in [2.75, 3.05) is 0 Å². The molecule has 2 rings (SSSR count). The molecule has 0 heterocycles. The average molecular weight is 198 g/mol. The van der Waals surface area contributed by atoms with E-state index in [1.54, 1.807) is 0 Å². The predicted molar refractivity (Wildman–Crippen MR) is 63.3 cm³/mol. The Balaban J connectivity index is 2.90. The second-order valence-corrected chi connectivity index (χ2v) is 3.87. The van der Waals surface area contributed by atoms with E-state index in [9.17, 15) is 0 Å². The minimum absolute atomic E-state index is 1.08. The van der Waals surface area contributed by atoms with Crippen molar-refractivity contribution in [1.29, 1.82) is 0 Å². The third-order valence-corrected chi connectivity index (χ3v) is 2.62. The summed E-state index contributed by atoms with van der Waals surface area (Å²) in [5, 5.41) is 2.48. The molecule has 0 spiro atoms. The number of aryl methyl sites for hydroxylation is 2. The molecular weight excluding hydrogens is 187 g/mol. The molecule has 0 fully saturated rings. The van der Waals surface area contributed by atoms with Gasteiger partial charge in [0, 0.05) is 0 Å². The normalized spacial score (nSPS) is 10.1. The number of fused-ring (bicyclic) bond motifs is 1. The van der Waals surface area contributed by atoms with E-state index in [0.29, 0.717) is 0 Å². The van der Waals surface area contributed by atoms with Crippen molar-refractivity contribution in [2.24, 2.45) is 0 Å². The van der Waals surface area contributed by atoms with Crippen LogP contribution in [-0.2, 0) is 0 Å². The molecule has 1 heteroatoms. The Labute approximate surface area is 86.5 Å². The summed E-state index contributed by atoms with van der Waals surface area (Å²) in [6.07, 6.45) is 0. The van der Waals surface area contributed by atoms with Gasteiger partial charge in [-0.2, -0.15) is 0 Å². The van der Waals surface area contributed by atoms with Gasteiger partial charge in [-0.15, -0.1) is 0 Å². The molecule has 0 radical (unpaired) electrons. The van der Waals surface area contributed by atoms with E-state index in [0.717, 1.165) is 5.56 Å². The van der Waals surface area contributed by atoms with Gasteiger partial charge in [-0.25, -0.2) is 0 Å². The van der Waals surface area contributed by atoms with Gasteiger partial charge in [-0.05, 0) is 0 Å². The molecule has 0 nitrogen and oxygen atoms in total. The van der Waals surface area contributed by atoms with Gasteiger partial charge < -0.3 is 0 Å². The molecule has 0 unspecified atom stereocenters. The van der Waals surface area contributed by atoms with Crippen LogP contribution >= 0.6 is 8.70 Å². The first kappa shape index (κ1) is 9.46. The molecule has 0 N–H and O–H groups in total. The number of hydrogen-bond acceptors (Lipinski definition) is 0. The van der Waals surface area contributed by atoms with Crippen molar-refractivity contribution in [3.05, 3.63) is 47.0 Å². The molecule has 0 atom stereocenters. The Morgan fingerprint density at radius 1 is 1.00 bits per heavy atom. The van der Waals surface area contributed by atoms with Crippen LogP contribution in [-0.4, -0.2) is 0 Å². The third-order valence-electron chi connectivity index (χ3n) is 2.37. The average Bonchev–Trinajstić information content (AvgIpc) is 2.17. The summed E-state index contributed by atoms with van der Waals surface area (Å²) in [4.78, 5) is 0. The van der Waals surface area contributed by atoms with E-state index in [1.807, 2.05) is 0 Å². The van der Waals surface area contributed by atoms with Crippen LogP contribution in [0.5, 0.6) is 0 Å². The fraction of sp³-hybridized carbons (Fsp3) is 0.154. The Morgan fingerprint density at radius 2 is 1.79 bits per heavy atom. The van der Waals surface area contributed by atoms with Crippen LogP contribution < -0.4 is 0 Å². The molecule has 0 aromatic heterocycles. The quantitative estimate of drug-likeness (QED) is 0.557. The molecule has 68 valence electrons. The monoisotopic (exact) mass is 198 g/mol. The zero-order chi connectivity index (χ0) is 10.1. The molecule has 0 aliphatic heterocycles. The minimum atomic E-state index is 1.08. The van der Waals surface area contributed by atoms with Gasteiger partial charge in [0.25, 0.3) is 0 Å². The van der Waals surface area contributed by atoms with Crippen molar-refractivity contribution in [2.45, 2.75) is 13.8 Å². The van der Waals surface area contributed by atoms with Crippen LogP contribution in [0.25, 0.3) is 10.8 Å². The van der Waals surface area contributed by atoms with Gasteiger partial charge in [-0.1, -0.05) is 0 Å². The molecular formula is C13H11P. The van der Waals surface area contributed by atoms with Gasteiger partial charge in [0.1, 0.15) is 0 Å². The van der Waals surface area contributed by atoms with Crippen LogP contribution in [0.2, 0.25) is 0 Å². The zero-order valence-electron chi connectivity index (χ0n) is 8.33. The Morgan fingerprint density at radius 3 is 2.50 bits per heavy atom. The van der Waals surface area contributed by atoms with Crippen molar-refractivity contribution < 1.29 is 0 Å². The summed E-state index contributed by atoms with van der Waals surface area (Å²) in [5.74, 6) is 0. The summed E-state index contributed by atoms with van der Waals surface area (Å²) in [7, 11) is 4.12. The summed E-state index contributed by atoms with van der Waals surface area (Å²) in [6, 6.07) is 10.7. The molecule has 0 aliphatic rings. The second kappa shape index (κ2) is 3.58. The van der Waals surface area contributed by atoms with Gasteiger partial charge in [0.05, 0.1) is 0 Å². The van der Waals surface area contributed by atoms with Crippen LogP contribution in [0, 0.1) is 19.5 Å². The number of rotatable bonds is 0. The van der Waals surface area contributed by atoms with Gasteiger partial charge in [-0.3, -0.25) is 0 Å². The molecule has 0 aliphatic carbocycles. The standard InChI is InChI=1S/C13H11P/c1-9-3-4-11-5-10(2)6-12(8-14)13(11)7-9/h3-7H,1-2H3. The van der Waals surface area contributed by atoms with Crippen molar-refractivity contribution >= 4 is 19.5 Å².